The minimum absolute atomic E-state index is 0.257. The monoisotopic (exact) mass is 225 g/mol. The van der Waals surface area contributed by atoms with Gasteiger partial charge in [0.2, 0.25) is 0 Å². The first-order chi connectivity index (χ1) is 7.67. The normalized spacial score (nSPS) is 12.2. The third kappa shape index (κ3) is 3.62. The van der Waals surface area contributed by atoms with Crippen molar-refractivity contribution in [3.8, 4) is 0 Å². The van der Waals surface area contributed by atoms with E-state index in [9.17, 15) is 9.18 Å². The Kier molecular flexibility index (Phi) is 4.92. The van der Waals surface area contributed by atoms with Crippen LogP contribution in [0.1, 0.15) is 12.0 Å². The highest BCUT2D eigenvalue weighted by Crippen LogP contribution is 2.11. The number of carbonyl (C=O) groups is 1. The molecule has 0 radical (unpaired) electrons. The van der Waals surface area contributed by atoms with E-state index in [2.05, 4.69) is 4.74 Å². The molecule has 88 valence electrons. The topological polar surface area (TPSA) is 52.3 Å². The third-order valence-electron chi connectivity index (χ3n) is 2.51. The fourth-order valence-electron chi connectivity index (χ4n) is 1.49. The highest BCUT2D eigenvalue weighted by Gasteiger charge is 2.16. The maximum Gasteiger partial charge on any atom is 0.309 e. The lowest BCUT2D eigenvalue weighted by atomic mass is 10.00. The zero-order valence-electron chi connectivity index (χ0n) is 9.28. The summed E-state index contributed by atoms with van der Waals surface area (Å²) in [7, 11) is 1.35. The van der Waals surface area contributed by atoms with Crippen LogP contribution in [0.3, 0.4) is 0 Å². The fourth-order valence-corrected chi connectivity index (χ4v) is 1.49. The van der Waals surface area contributed by atoms with Crippen molar-refractivity contribution in [1.82, 2.24) is 0 Å². The maximum absolute atomic E-state index is 12.6. The summed E-state index contributed by atoms with van der Waals surface area (Å²) in [4.78, 5) is 11.3. The fraction of sp³-hybridized carbons (Fsp3) is 0.417. The zero-order valence-corrected chi connectivity index (χ0v) is 9.28. The summed E-state index contributed by atoms with van der Waals surface area (Å²) in [6.45, 7) is 0.272. The molecule has 0 amide bonds. The van der Waals surface area contributed by atoms with Crippen LogP contribution in [0.25, 0.3) is 0 Å². The van der Waals surface area contributed by atoms with Crippen molar-refractivity contribution < 1.29 is 13.9 Å². The van der Waals surface area contributed by atoms with Gasteiger partial charge in [0, 0.05) is 6.54 Å². The minimum atomic E-state index is -0.287. The van der Waals surface area contributed by atoms with E-state index in [4.69, 9.17) is 5.73 Å². The van der Waals surface area contributed by atoms with E-state index in [0.717, 1.165) is 5.56 Å². The molecule has 1 rings (SSSR count). The van der Waals surface area contributed by atoms with Gasteiger partial charge in [0.15, 0.2) is 0 Å². The van der Waals surface area contributed by atoms with Gasteiger partial charge in [0.25, 0.3) is 0 Å². The number of methoxy groups -OCH3 is 1. The Morgan fingerprint density at radius 3 is 2.56 bits per heavy atom. The van der Waals surface area contributed by atoms with Crippen molar-refractivity contribution in [1.29, 1.82) is 0 Å². The van der Waals surface area contributed by atoms with E-state index >= 15 is 0 Å². The maximum atomic E-state index is 12.6. The van der Waals surface area contributed by atoms with Crippen LogP contribution in [-0.4, -0.2) is 19.6 Å². The van der Waals surface area contributed by atoms with E-state index in [-0.39, 0.29) is 24.2 Å². The molecule has 0 aliphatic heterocycles. The number of carbonyl (C=O) groups excluding carboxylic acids is 1. The molecule has 16 heavy (non-hydrogen) atoms. The molecule has 0 heterocycles. The summed E-state index contributed by atoms with van der Waals surface area (Å²) in [5.41, 5.74) is 6.47. The largest absolute Gasteiger partial charge is 0.469 e. The summed E-state index contributed by atoms with van der Waals surface area (Å²) in [6.07, 6.45) is 1.31. The average Bonchev–Trinajstić information content (AvgIpc) is 2.31. The second-order valence-electron chi connectivity index (χ2n) is 3.62. The molecule has 0 saturated heterocycles. The lowest BCUT2D eigenvalue weighted by Crippen LogP contribution is -2.25. The van der Waals surface area contributed by atoms with Gasteiger partial charge in [-0.15, -0.1) is 0 Å². The van der Waals surface area contributed by atoms with Crippen molar-refractivity contribution >= 4 is 5.97 Å². The molecule has 1 unspecified atom stereocenters. The van der Waals surface area contributed by atoms with Gasteiger partial charge in [0.05, 0.1) is 13.0 Å². The lowest BCUT2D eigenvalue weighted by molar-refractivity contribution is -0.145. The predicted octanol–water partition coefficient (Wildman–Crippen LogP) is 1.51. The summed E-state index contributed by atoms with van der Waals surface area (Å²) in [6, 6.07) is 6.23. The number of halogens is 1. The van der Waals surface area contributed by atoms with Gasteiger partial charge >= 0.3 is 5.97 Å². The van der Waals surface area contributed by atoms with Gasteiger partial charge in [-0.2, -0.15) is 0 Å². The predicted molar refractivity (Wildman–Crippen MR) is 59.3 cm³/mol. The van der Waals surface area contributed by atoms with E-state index in [1.807, 2.05) is 0 Å². The molecule has 0 saturated carbocycles. The number of rotatable bonds is 5. The molecule has 0 aliphatic carbocycles. The number of hydrogen-bond acceptors (Lipinski definition) is 3. The van der Waals surface area contributed by atoms with Gasteiger partial charge in [-0.1, -0.05) is 12.1 Å². The van der Waals surface area contributed by atoms with Crippen molar-refractivity contribution in [3.63, 3.8) is 0 Å². The first-order valence-electron chi connectivity index (χ1n) is 5.19. The second kappa shape index (κ2) is 6.23. The standard InChI is InChI=1S/C12H16FNO2/c1-16-12(15)10(8-14)5-2-9-3-6-11(13)7-4-9/h3-4,6-7,10H,2,5,8,14H2,1H3. The molecule has 1 aromatic rings. The first kappa shape index (κ1) is 12.6. The first-order valence-corrected chi connectivity index (χ1v) is 5.19. The second-order valence-corrected chi connectivity index (χ2v) is 3.62. The molecular formula is C12H16FNO2. The van der Waals surface area contributed by atoms with Crippen LogP contribution in [0.5, 0.6) is 0 Å². The van der Waals surface area contributed by atoms with Gasteiger partial charge in [-0.25, -0.2) is 4.39 Å². The quantitative estimate of drug-likeness (QED) is 0.773. The highest BCUT2D eigenvalue weighted by atomic mass is 19.1. The summed E-state index contributed by atoms with van der Waals surface area (Å²) >= 11 is 0. The van der Waals surface area contributed by atoms with Crippen LogP contribution in [0.2, 0.25) is 0 Å². The Bertz CT molecular complexity index is 337. The average molecular weight is 225 g/mol. The van der Waals surface area contributed by atoms with E-state index in [0.29, 0.717) is 12.8 Å². The van der Waals surface area contributed by atoms with E-state index in [1.165, 1.54) is 19.2 Å². The minimum Gasteiger partial charge on any atom is -0.469 e. The Labute approximate surface area is 94.4 Å². The van der Waals surface area contributed by atoms with Crippen molar-refractivity contribution in [2.75, 3.05) is 13.7 Å². The van der Waals surface area contributed by atoms with Crippen molar-refractivity contribution in [2.24, 2.45) is 11.7 Å². The zero-order chi connectivity index (χ0) is 12.0. The molecular weight excluding hydrogens is 209 g/mol. The van der Waals surface area contributed by atoms with Crippen LogP contribution >= 0.6 is 0 Å². The summed E-state index contributed by atoms with van der Waals surface area (Å²) in [5, 5.41) is 0. The third-order valence-corrected chi connectivity index (χ3v) is 2.51. The molecule has 4 heteroatoms. The number of benzene rings is 1. The summed E-state index contributed by atoms with van der Waals surface area (Å²) < 4.78 is 17.3. The smallest absolute Gasteiger partial charge is 0.309 e. The van der Waals surface area contributed by atoms with Gasteiger partial charge < -0.3 is 10.5 Å². The van der Waals surface area contributed by atoms with Crippen molar-refractivity contribution in [2.45, 2.75) is 12.8 Å². The van der Waals surface area contributed by atoms with Crippen LogP contribution in [0.4, 0.5) is 4.39 Å². The highest BCUT2D eigenvalue weighted by molar-refractivity contribution is 5.72. The SMILES string of the molecule is COC(=O)C(CN)CCc1ccc(F)cc1. The molecule has 0 aromatic heterocycles. The number of esters is 1. The molecule has 2 N–H and O–H groups in total. The number of aryl methyl sites for hydroxylation is 1. The number of ether oxygens (including phenoxy) is 1. The Balaban J connectivity index is 2.49. The van der Waals surface area contributed by atoms with Crippen LogP contribution in [0, 0.1) is 11.7 Å². The Hall–Kier alpha value is -1.42. The molecule has 1 atom stereocenters. The van der Waals surface area contributed by atoms with Crippen LogP contribution in [-0.2, 0) is 16.0 Å². The van der Waals surface area contributed by atoms with Gasteiger partial charge in [-0.05, 0) is 30.5 Å². The number of nitrogens with two attached hydrogens (primary N) is 1. The molecule has 0 spiro atoms. The van der Waals surface area contributed by atoms with E-state index < -0.39 is 0 Å². The van der Waals surface area contributed by atoms with Crippen LogP contribution in [0.15, 0.2) is 24.3 Å². The molecule has 0 fully saturated rings. The molecule has 0 bridgehead atoms. The number of hydrogen-bond donors (Lipinski definition) is 1. The van der Waals surface area contributed by atoms with E-state index in [1.54, 1.807) is 12.1 Å². The van der Waals surface area contributed by atoms with Gasteiger partial charge in [0.1, 0.15) is 5.82 Å². The summed E-state index contributed by atoms with van der Waals surface area (Å²) in [5.74, 6) is -0.827. The lowest BCUT2D eigenvalue weighted by Gasteiger charge is -2.11. The molecule has 0 aliphatic rings. The molecule has 1 aromatic carbocycles. The van der Waals surface area contributed by atoms with Crippen molar-refractivity contribution in [3.05, 3.63) is 35.6 Å². The molecule has 3 nitrogen and oxygen atoms in total. The Morgan fingerprint density at radius 1 is 1.44 bits per heavy atom. The van der Waals surface area contributed by atoms with Gasteiger partial charge in [-0.3, -0.25) is 4.79 Å². The van der Waals surface area contributed by atoms with Crippen LogP contribution < -0.4 is 5.73 Å². The Morgan fingerprint density at radius 2 is 2.06 bits per heavy atom.